The number of ether oxygens (including phenoxy) is 2. The predicted octanol–water partition coefficient (Wildman–Crippen LogP) is 2.35. The first kappa shape index (κ1) is 20.5. The highest BCUT2D eigenvalue weighted by molar-refractivity contribution is 7.15. The van der Waals surface area contributed by atoms with Gasteiger partial charge in [0.1, 0.15) is 11.5 Å². The molecule has 0 radical (unpaired) electrons. The normalized spacial score (nSPS) is 17.4. The van der Waals surface area contributed by atoms with Crippen molar-refractivity contribution >= 4 is 22.3 Å². The third-order valence-electron chi connectivity index (χ3n) is 5.23. The van der Waals surface area contributed by atoms with Gasteiger partial charge in [-0.1, -0.05) is 0 Å². The summed E-state index contributed by atoms with van der Waals surface area (Å²) in [6.07, 6.45) is 5.14. The Hall–Kier alpha value is -2.78. The number of fused-ring (bicyclic) bond motifs is 1. The average Bonchev–Trinajstić information content (AvgIpc) is 3.47. The number of thiazole rings is 1. The maximum absolute atomic E-state index is 5.39. The van der Waals surface area contributed by atoms with Crippen molar-refractivity contribution in [2.24, 2.45) is 4.99 Å². The largest absolute Gasteiger partial charge is 0.497 e. The van der Waals surface area contributed by atoms with E-state index in [-0.39, 0.29) is 0 Å². The summed E-state index contributed by atoms with van der Waals surface area (Å²) in [5.41, 5.74) is 2.19. The molecule has 0 aliphatic carbocycles. The summed E-state index contributed by atoms with van der Waals surface area (Å²) in [6.45, 7) is 3.50. The van der Waals surface area contributed by atoms with Gasteiger partial charge in [-0.05, 0) is 24.1 Å². The minimum atomic E-state index is 0.356. The number of methoxy groups -OCH3 is 2. The van der Waals surface area contributed by atoms with Gasteiger partial charge in [0.25, 0.3) is 0 Å². The summed E-state index contributed by atoms with van der Waals surface area (Å²) in [5, 5.41) is 8.95. The van der Waals surface area contributed by atoms with E-state index in [1.165, 1.54) is 5.56 Å². The molecule has 4 rings (SSSR count). The van der Waals surface area contributed by atoms with Crippen LogP contribution in [0.4, 0.5) is 0 Å². The third kappa shape index (κ3) is 4.85. The highest BCUT2D eigenvalue weighted by Crippen LogP contribution is 2.24. The lowest BCUT2D eigenvalue weighted by Crippen LogP contribution is -2.44. The molecule has 2 aromatic heterocycles. The second-order valence-corrected chi connectivity index (χ2v) is 8.21. The number of benzene rings is 1. The molecule has 1 aliphatic heterocycles. The second kappa shape index (κ2) is 9.36. The molecule has 1 atom stereocenters. The topological polar surface area (TPSA) is 75.4 Å². The summed E-state index contributed by atoms with van der Waals surface area (Å²) in [6, 6.07) is 6.39. The summed E-state index contributed by atoms with van der Waals surface area (Å²) >= 11 is 1.64. The fraction of sp³-hybridized carbons (Fsp3) is 0.429. The number of likely N-dealkylation sites (tertiary alicyclic amines) is 1. The summed E-state index contributed by atoms with van der Waals surface area (Å²) < 4.78 is 12.8. The van der Waals surface area contributed by atoms with E-state index in [9.17, 15) is 0 Å². The highest BCUT2D eigenvalue weighted by Gasteiger charge is 2.23. The van der Waals surface area contributed by atoms with Crippen LogP contribution in [-0.2, 0) is 13.1 Å². The van der Waals surface area contributed by atoms with Gasteiger partial charge in [-0.15, -0.1) is 11.3 Å². The van der Waals surface area contributed by atoms with E-state index in [4.69, 9.17) is 9.47 Å². The number of rotatable bonds is 7. The van der Waals surface area contributed by atoms with Gasteiger partial charge in [-0.3, -0.25) is 14.3 Å². The van der Waals surface area contributed by atoms with Crippen molar-refractivity contribution in [3.05, 3.63) is 47.2 Å². The molecular weight excluding hydrogens is 400 g/mol. The number of nitrogens with one attached hydrogen (secondary N) is 2. The lowest BCUT2D eigenvalue weighted by Gasteiger charge is -2.19. The fourth-order valence-corrected chi connectivity index (χ4v) is 4.45. The summed E-state index contributed by atoms with van der Waals surface area (Å²) in [7, 11) is 5.16. The molecular formula is C21H28N6O2S. The smallest absolute Gasteiger partial charge is 0.193 e. The van der Waals surface area contributed by atoms with E-state index in [1.54, 1.807) is 32.6 Å². The number of hydrogen-bond donors (Lipinski definition) is 2. The molecule has 1 fully saturated rings. The van der Waals surface area contributed by atoms with Crippen molar-refractivity contribution in [3.8, 4) is 11.5 Å². The van der Waals surface area contributed by atoms with Crippen LogP contribution in [0.3, 0.4) is 0 Å². The van der Waals surface area contributed by atoms with Crippen molar-refractivity contribution in [3.63, 3.8) is 0 Å². The van der Waals surface area contributed by atoms with Crippen LogP contribution in [0.15, 0.2) is 41.0 Å². The molecule has 1 saturated heterocycles. The molecule has 1 aliphatic rings. The molecule has 1 unspecified atom stereocenters. The first-order chi connectivity index (χ1) is 14.7. The van der Waals surface area contributed by atoms with Crippen molar-refractivity contribution < 1.29 is 9.47 Å². The summed E-state index contributed by atoms with van der Waals surface area (Å²) in [5.74, 6) is 2.45. The monoisotopic (exact) mass is 428 g/mol. The molecule has 3 aromatic rings. The average molecular weight is 429 g/mol. The van der Waals surface area contributed by atoms with Gasteiger partial charge in [-0.2, -0.15) is 0 Å². The number of guanidine groups is 1. The van der Waals surface area contributed by atoms with Crippen molar-refractivity contribution in [2.75, 3.05) is 34.4 Å². The molecule has 30 heavy (non-hydrogen) atoms. The van der Waals surface area contributed by atoms with Crippen molar-refractivity contribution in [1.29, 1.82) is 0 Å². The Balaban J connectivity index is 1.28. The highest BCUT2D eigenvalue weighted by atomic mass is 32.1. The van der Waals surface area contributed by atoms with Crippen LogP contribution in [0.5, 0.6) is 11.5 Å². The number of imidazole rings is 1. The molecule has 0 spiro atoms. The Morgan fingerprint density at radius 3 is 2.77 bits per heavy atom. The van der Waals surface area contributed by atoms with Gasteiger partial charge in [-0.25, -0.2) is 4.98 Å². The molecule has 9 heteroatoms. The zero-order valence-electron chi connectivity index (χ0n) is 17.6. The molecule has 160 valence electrons. The quantitative estimate of drug-likeness (QED) is 0.445. The third-order valence-corrected chi connectivity index (χ3v) is 6.01. The molecule has 0 bridgehead atoms. The van der Waals surface area contributed by atoms with Gasteiger partial charge in [0, 0.05) is 56.6 Å². The van der Waals surface area contributed by atoms with E-state index in [2.05, 4.69) is 37.6 Å². The Kier molecular flexibility index (Phi) is 6.39. The number of nitrogens with zero attached hydrogens (tertiary/aromatic N) is 4. The van der Waals surface area contributed by atoms with E-state index >= 15 is 0 Å². The SMILES string of the molecule is CN=C(NCc1cn2ccsc2n1)NC1CCN(Cc2cc(OC)cc(OC)c2)C1. The van der Waals surface area contributed by atoms with Gasteiger partial charge in [0.05, 0.1) is 26.5 Å². The number of aromatic nitrogens is 2. The predicted molar refractivity (Wildman–Crippen MR) is 120 cm³/mol. The maximum Gasteiger partial charge on any atom is 0.193 e. The second-order valence-electron chi connectivity index (χ2n) is 7.34. The first-order valence-electron chi connectivity index (χ1n) is 9.99. The zero-order valence-corrected chi connectivity index (χ0v) is 18.4. The Bertz CT molecular complexity index is 963. The van der Waals surface area contributed by atoms with Crippen molar-refractivity contribution in [1.82, 2.24) is 24.9 Å². The van der Waals surface area contributed by atoms with E-state index in [0.717, 1.165) is 54.2 Å². The first-order valence-corrected chi connectivity index (χ1v) is 10.9. The van der Waals surface area contributed by atoms with Crippen molar-refractivity contribution in [2.45, 2.75) is 25.6 Å². The van der Waals surface area contributed by atoms with Crippen LogP contribution < -0.4 is 20.1 Å². The Morgan fingerprint density at radius 2 is 2.07 bits per heavy atom. The summed E-state index contributed by atoms with van der Waals surface area (Å²) in [4.78, 5) is 12.4. The van der Waals surface area contributed by atoms with Crippen LogP contribution in [0.25, 0.3) is 4.96 Å². The molecule has 8 nitrogen and oxygen atoms in total. The zero-order chi connectivity index (χ0) is 20.9. The Labute approximate surface area is 180 Å². The van der Waals surface area contributed by atoms with Crippen LogP contribution in [0.2, 0.25) is 0 Å². The van der Waals surface area contributed by atoms with Crippen LogP contribution in [-0.4, -0.2) is 60.6 Å². The molecule has 1 aromatic carbocycles. The molecule has 3 heterocycles. The minimum absolute atomic E-state index is 0.356. The molecule has 0 saturated carbocycles. The standard InChI is InChI=1S/C21H28N6O2S/c1-22-20(23-11-17-14-27-6-7-30-21(27)25-17)24-16-4-5-26(13-16)12-15-8-18(28-2)10-19(9-15)29-3/h6-10,14,16H,4-5,11-13H2,1-3H3,(H2,22,23,24). The minimum Gasteiger partial charge on any atom is -0.497 e. The molecule has 2 N–H and O–H groups in total. The fourth-order valence-electron chi connectivity index (χ4n) is 3.73. The van der Waals surface area contributed by atoms with E-state index in [1.807, 2.05) is 28.2 Å². The number of aliphatic imine (C=N–C) groups is 1. The van der Waals surface area contributed by atoms with Gasteiger partial charge in [0.2, 0.25) is 0 Å². The van der Waals surface area contributed by atoms with Gasteiger partial charge < -0.3 is 20.1 Å². The lowest BCUT2D eigenvalue weighted by molar-refractivity contribution is 0.321. The molecule has 0 amide bonds. The lowest BCUT2D eigenvalue weighted by atomic mass is 10.2. The van der Waals surface area contributed by atoms with Gasteiger partial charge in [0.15, 0.2) is 10.9 Å². The Morgan fingerprint density at radius 1 is 1.27 bits per heavy atom. The number of hydrogen-bond acceptors (Lipinski definition) is 6. The van der Waals surface area contributed by atoms with Crippen LogP contribution in [0, 0.1) is 0 Å². The van der Waals surface area contributed by atoms with Gasteiger partial charge >= 0.3 is 0 Å². The van der Waals surface area contributed by atoms with Crippen LogP contribution >= 0.6 is 11.3 Å². The van der Waals surface area contributed by atoms with E-state index in [0.29, 0.717) is 12.6 Å². The van der Waals surface area contributed by atoms with E-state index < -0.39 is 0 Å². The maximum atomic E-state index is 5.39. The van der Waals surface area contributed by atoms with Crippen LogP contribution in [0.1, 0.15) is 17.7 Å².